The Bertz CT molecular complexity index is 586. The van der Waals surface area contributed by atoms with Crippen LogP contribution in [0.5, 0.6) is 0 Å². The van der Waals surface area contributed by atoms with E-state index in [1.807, 2.05) is 18.2 Å². The smallest absolute Gasteiger partial charge is 0.156 e. The average molecular weight is 286 g/mol. The second kappa shape index (κ2) is 8.64. The number of rotatable bonds is 7. The molecule has 0 aliphatic heterocycles. The first-order chi connectivity index (χ1) is 10.1. The normalized spacial score (nSPS) is 13.0. The molecule has 0 aliphatic carbocycles. The number of aliphatic imine (C=N–C) groups is 1. The van der Waals surface area contributed by atoms with Crippen LogP contribution in [0.25, 0.3) is 5.70 Å². The largest absolute Gasteiger partial charge is 0.386 e. The van der Waals surface area contributed by atoms with E-state index in [0.29, 0.717) is 17.7 Å². The number of halogens is 1. The topological polar surface area (TPSA) is 41.5 Å². The van der Waals surface area contributed by atoms with Gasteiger partial charge >= 0.3 is 0 Å². The first-order valence-electron chi connectivity index (χ1n) is 6.57. The molecule has 1 aromatic rings. The second-order valence-corrected chi connectivity index (χ2v) is 4.37. The molecule has 0 aliphatic rings. The summed E-state index contributed by atoms with van der Waals surface area (Å²) in [5.74, 6) is -0.477. The zero-order chi connectivity index (χ0) is 15.7. The highest BCUT2D eigenvalue weighted by Crippen LogP contribution is 2.21. The van der Waals surface area contributed by atoms with Gasteiger partial charge < -0.3 is 5.32 Å². The van der Waals surface area contributed by atoms with Crippen molar-refractivity contribution in [2.75, 3.05) is 6.54 Å². The molecule has 0 saturated heterocycles. The molecule has 4 heteroatoms. The molecule has 0 unspecified atom stereocenters. The maximum absolute atomic E-state index is 13.8. The lowest BCUT2D eigenvalue weighted by molar-refractivity contribution is -0.113. The maximum atomic E-state index is 13.8. The fourth-order valence-corrected chi connectivity index (χ4v) is 1.47. The van der Waals surface area contributed by atoms with E-state index in [1.165, 1.54) is 6.92 Å². The minimum absolute atomic E-state index is 0.00186. The van der Waals surface area contributed by atoms with Gasteiger partial charge in [-0.25, -0.2) is 4.39 Å². The number of carbonyl (C=O) groups excluding carboxylic acids is 1. The van der Waals surface area contributed by atoms with Crippen molar-refractivity contribution in [3.8, 4) is 0 Å². The Labute approximate surface area is 124 Å². The van der Waals surface area contributed by atoms with Crippen molar-refractivity contribution in [1.29, 1.82) is 0 Å². The summed E-state index contributed by atoms with van der Waals surface area (Å²) in [5.41, 5.74) is 1.54. The summed E-state index contributed by atoms with van der Waals surface area (Å²) in [6, 6.07) is 9.05. The van der Waals surface area contributed by atoms with Crippen LogP contribution in [0, 0.1) is 0 Å². The second-order valence-electron chi connectivity index (χ2n) is 4.37. The Morgan fingerprint density at radius 3 is 2.57 bits per heavy atom. The van der Waals surface area contributed by atoms with Gasteiger partial charge in [-0.2, -0.15) is 0 Å². The predicted octanol–water partition coefficient (Wildman–Crippen LogP) is 3.66. The molecule has 3 nitrogen and oxygen atoms in total. The molecule has 0 fully saturated rings. The number of hydrogen-bond acceptors (Lipinski definition) is 3. The molecule has 0 spiro atoms. The van der Waals surface area contributed by atoms with Crippen LogP contribution in [-0.4, -0.2) is 18.5 Å². The molecule has 0 bridgehead atoms. The van der Waals surface area contributed by atoms with Gasteiger partial charge in [0.2, 0.25) is 0 Å². The zero-order valence-electron chi connectivity index (χ0n) is 12.3. The van der Waals surface area contributed by atoms with Gasteiger partial charge in [0.05, 0.1) is 0 Å². The molecule has 0 atom stereocenters. The molecule has 0 saturated carbocycles. The molecule has 0 radical (unpaired) electrons. The highest BCUT2D eigenvalue weighted by molar-refractivity contribution is 5.92. The molecule has 1 N–H and O–H groups in total. The fraction of sp³-hybridized carbons (Fsp3) is 0.176. The van der Waals surface area contributed by atoms with Crippen molar-refractivity contribution >= 4 is 17.7 Å². The Kier molecular flexibility index (Phi) is 6.81. The lowest BCUT2D eigenvalue weighted by Gasteiger charge is -2.03. The number of carbonyl (C=O) groups is 1. The summed E-state index contributed by atoms with van der Waals surface area (Å²) >= 11 is 0. The summed E-state index contributed by atoms with van der Waals surface area (Å²) in [6.45, 7) is 7.04. The summed E-state index contributed by atoms with van der Waals surface area (Å²) in [7, 11) is 0. The molecular weight excluding hydrogens is 267 g/mol. The van der Waals surface area contributed by atoms with E-state index < -0.39 is 5.83 Å². The molecule has 0 heterocycles. The third-order valence-corrected chi connectivity index (χ3v) is 2.76. The van der Waals surface area contributed by atoms with E-state index in [9.17, 15) is 9.18 Å². The van der Waals surface area contributed by atoms with Gasteiger partial charge in [-0.15, -0.1) is 0 Å². The van der Waals surface area contributed by atoms with Crippen LogP contribution < -0.4 is 5.32 Å². The van der Waals surface area contributed by atoms with Crippen LogP contribution in [0.2, 0.25) is 0 Å². The van der Waals surface area contributed by atoms with Crippen molar-refractivity contribution in [3.63, 3.8) is 0 Å². The number of Topliss-reactive ketones (excluding diaryl/α,β-unsaturated/α-hetero) is 1. The first kappa shape index (κ1) is 16.6. The van der Waals surface area contributed by atoms with Gasteiger partial charge in [0.15, 0.2) is 5.78 Å². The van der Waals surface area contributed by atoms with E-state index >= 15 is 0 Å². The quantitative estimate of drug-likeness (QED) is 0.360. The van der Waals surface area contributed by atoms with Gasteiger partial charge in [0, 0.05) is 30.1 Å². The predicted molar refractivity (Wildman–Crippen MR) is 85.6 cm³/mol. The standard InChI is InChI=1S/C17H19FN2O/c1-4-16(18)17(15-8-6-5-7-9-15)20-11-10-19-12-13(2)14(3)21/h4-9,11-12,19H,1,10H2,2-3H3/b13-12-,17-16+,20-11?. The van der Waals surface area contributed by atoms with Crippen molar-refractivity contribution < 1.29 is 9.18 Å². The lowest BCUT2D eigenvalue weighted by atomic mass is 10.1. The van der Waals surface area contributed by atoms with Crippen LogP contribution in [0.1, 0.15) is 19.4 Å². The zero-order valence-corrected chi connectivity index (χ0v) is 12.3. The van der Waals surface area contributed by atoms with E-state index in [2.05, 4.69) is 16.9 Å². The molecule has 0 amide bonds. The molecule has 1 rings (SSSR count). The highest BCUT2D eigenvalue weighted by atomic mass is 19.1. The van der Waals surface area contributed by atoms with E-state index in [0.717, 1.165) is 6.08 Å². The Hall–Kier alpha value is -2.49. The molecule has 0 aromatic heterocycles. The molecule has 110 valence electrons. The molecule has 1 aromatic carbocycles. The SMILES string of the molecule is C=C/C(F)=C(\N=CCN/C=C(/C)C(C)=O)c1ccccc1. The Balaban J connectivity index is 2.77. The van der Waals surface area contributed by atoms with Gasteiger partial charge in [0.1, 0.15) is 11.5 Å². The summed E-state index contributed by atoms with van der Waals surface area (Å²) < 4.78 is 13.8. The van der Waals surface area contributed by atoms with Crippen molar-refractivity contribution in [2.24, 2.45) is 4.99 Å². The summed E-state index contributed by atoms with van der Waals surface area (Å²) in [6.07, 6.45) is 4.30. The number of benzene rings is 1. The van der Waals surface area contributed by atoms with Crippen molar-refractivity contribution in [3.05, 3.63) is 66.2 Å². The van der Waals surface area contributed by atoms with Crippen LogP contribution in [0.3, 0.4) is 0 Å². The van der Waals surface area contributed by atoms with Gasteiger partial charge in [0.25, 0.3) is 0 Å². The van der Waals surface area contributed by atoms with Crippen LogP contribution in [-0.2, 0) is 4.79 Å². The Morgan fingerprint density at radius 2 is 2.00 bits per heavy atom. The third kappa shape index (κ3) is 5.57. The fourth-order valence-electron chi connectivity index (χ4n) is 1.47. The van der Waals surface area contributed by atoms with Crippen LogP contribution in [0.15, 0.2) is 65.6 Å². The maximum Gasteiger partial charge on any atom is 0.156 e. The van der Waals surface area contributed by atoms with Gasteiger partial charge in [-0.05, 0) is 19.9 Å². The van der Waals surface area contributed by atoms with E-state index in [1.54, 1.807) is 31.5 Å². The third-order valence-electron chi connectivity index (χ3n) is 2.76. The monoisotopic (exact) mass is 286 g/mol. The van der Waals surface area contributed by atoms with Crippen molar-refractivity contribution in [1.82, 2.24) is 5.32 Å². The lowest BCUT2D eigenvalue weighted by Crippen LogP contribution is -2.10. The number of nitrogens with zero attached hydrogens (tertiary/aromatic N) is 1. The first-order valence-corrected chi connectivity index (χ1v) is 6.57. The average Bonchev–Trinajstić information content (AvgIpc) is 2.50. The summed E-state index contributed by atoms with van der Waals surface area (Å²) in [4.78, 5) is 15.2. The number of ketones is 1. The number of hydrogen-bond donors (Lipinski definition) is 1. The molecular formula is C17H19FN2O. The van der Waals surface area contributed by atoms with E-state index in [4.69, 9.17) is 0 Å². The number of nitrogens with one attached hydrogen (secondary N) is 1. The highest BCUT2D eigenvalue weighted by Gasteiger charge is 2.04. The summed E-state index contributed by atoms with van der Waals surface area (Å²) in [5, 5.41) is 2.93. The Morgan fingerprint density at radius 1 is 1.33 bits per heavy atom. The van der Waals surface area contributed by atoms with Crippen molar-refractivity contribution in [2.45, 2.75) is 13.8 Å². The van der Waals surface area contributed by atoms with E-state index in [-0.39, 0.29) is 11.5 Å². The minimum atomic E-state index is -0.479. The minimum Gasteiger partial charge on any atom is -0.386 e. The van der Waals surface area contributed by atoms with Crippen LogP contribution in [0.4, 0.5) is 4.39 Å². The van der Waals surface area contributed by atoms with Gasteiger partial charge in [-0.3, -0.25) is 9.79 Å². The van der Waals surface area contributed by atoms with Gasteiger partial charge in [-0.1, -0.05) is 36.9 Å². The number of allylic oxidation sites excluding steroid dienone is 3. The van der Waals surface area contributed by atoms with Crippen LogP contribution >= 0.6 is 0 Å². The molecule has 21 heavy (non-hydrogen) atoms.